The second-order valence-electron chi connectivity index (χ2n) is 5.56. The second-order valence-corrected chi connectivity index (χ2v) is 5.56. The molecule has 0 aliphatic carbocycles. The predicted molar refractivity (Wildman–Crippen MR) is 83.2 cm³/mol. The fourth-order valence-corrected chi connectivity index (χ4v) is 2.53. The van der Waals surface area contributed by atoms with Crippen molar-refractivity contribution in [2.75, 3.05) is 13.1 Å². The summed E-state index contributed by atoms with van der Waals surface area (Å²) in [4.78, 5) is 29.0. The van der Waals surface area contributed by atoms with E-state index in [1.165, 1.54) is 13.2 Å². The average molecular weight is 330 g/mol. The van der Waals surface area contributed by atoms with Gasteiger partial charge in [-0.05, 0) is 6.07 Å². The van der Waals surface area contributed by atoms with E-state index >= 15 is 0 Å². The van der Waals surface area contributed by atoms with E-state index in [4.69, 9.17) is 9.26 Å². The summed E-state index contributed by atoms with van der Waals surface area (Å²) in [7, 11) is 0. The first-order chi connectivity index (χ1) is 11.6. The molecule has 2 aromatic heterocycles. The number of likely N-dealkylation sites (tertiary alicyclic amines) is 1. The van der Waals surface area contributed by atoms with Crippen molar-refractivity contribution >= 4 is 11.8 Å². The molecule has 8 nitrogen and oxygen atoms in total. The maximum absolute atomic E-state index is 12.2. The Bertz CT molecular complexity index is 717. The minimum atomic E-state index is -0.157. The van der Waals surface area contributed by atoms with Crippen molar-refractivity contribution in [3.63, 3.8) is 0 Å². The number of hydrogen-bond donors (Lipinski definition) is 1. The molecule has 0 bridgehead atoms. The van der Waals surface area contributed by atoms with E-state index in [2.05, 4.69) is 15.5 Å². The predicted octanol–water partition coefficient (Wildman–Crippen LogP) is 0.999. The number of rotatable bonds is 5. The molecule has 126 valence electrons. The Hall–Kier alpha value is -2.90. The van der Waals surface area contributed by atoms with E-state index in [0.717, 1.165) is 12.1 Å². The summed E-state index contributed by atoms with van der Waals surface area (Å²) < 4.78 is 10.6. The maximum Gasteiger partial charge on any atom is 0.276 e. The maximum atomic E-state index is 12.2. The van der Waals surface area contributed by atoms with Gasteiger partial charge in [0.1, 0.15) is 18.1 Å². The van der Waals surface area contributed by atoms with Gasteiger partial charge in [-0.15, -0.1) is 0 Å². The van der Waals surface area contributed by atoms with Gasteiger partial charge in [-0.1, -0.05) is 5.16 Å². The molecule has 1 aliphatic heterocycles. The minimum Gasteiger partial charge on any atom is -0.488 e. The lowest BCUT2D eigenvalue weighted by molar-refractivity contribution is -0.119. The summed E-state index contributed by atoms with van der Waals surface area (Å²) >= 11 is 0. The Kier molecular flexibility index (Phi) is 4.74. The second kappa shape index (κ2) is 7.12. The van der Waals surface area contributed by atoms with Gasteiger partial charge in [0.25, 0.3) is 5.91 Å². The molecule has 2 aromatic rings. The summed E-state index contributed by atoms with van der Waals surface area (Å²) in [5, 5.41) is 6.36. The van der Waals surface area contributed by atoms with Gasteiger partial charge in [0.05, 0.1) is 18.8 Å². The molecule has 24 heavy (non-hydrogen) atoms. The molecule has 1 N–H and O–H groups in total. The van der Waals surface area contributed by atoms with Crippen molar-refractivity contribution in [3.05, 3.63) is 42.0 Å². The molecule has 8 heteroatoms. The monoisotopic (exact) mass is 330 g/mol. The zero-order valence-corrected chi connectivity index (χ0v) is 13.3. The SMILES string of the molecule is CC(=O)NCc1cc(OC2CCN(C(=O)c3ccon3)C2)ccn1. The molecule has 1 aliphatic rings. The first kappa shape index (κ1) is 16.0. The number of aromatic nitrogens is 2. The number of hydrogen-bond acceptors (Lipinski definition) is 6. The zero-order valence-electron chi connectivity index (χ0n) is 13.3. The lowest BCUT2D eigenvalue weighted by Crippen LogP contribution is -2.31. The summed E-state index contributed by atoms with van der Waals surface area (Å²) in [5.74, 6) is 0.405. The molecule has 3 heterocycles. The van der Waals surface area contributed by atoms with Crippen molar-refractivity contribution in [1.82, 2.24) is 20.4 Å². The molecular formula is C16H18N4O4. The molecular weight excluding hydrogens is 312 g/mol. The lowest BCUT2D eigenvalue weighted by atomic mass is 10.3. The van der Waals surface area contributed by atoms with Crippen LogP contribution in [-0.2, 0) is 11.3 Å². The number of nitrogens with one attached hydrogen (secondary N) is 1. The van der Waals surface area contributed by atoms with Crippen molar-refractivity contribution in [3.8, 4) is 5.75 Å². The smallest absolute Gasteiger partial charge is 0.276 e. The summed E-state index contributed by atoms with van der Waals surface area (Å²) in [6.45, 7) is 2.92. The van der Waals surface area contributed by atoms with E-state index in [1.54, 1.807) is 29.3 Å². The van der Waals surface area contributed by atoms with Gasteiger partial charge < -0.3 is 19.5 Å². The van der Waals surface area contributed by atoms with Crippen LogP contribution >= 0.6 is 0 Å². The van der Waals surface area contributed by atoms with Gasteiger partial charge in [-0.3, -0.25) is 14.6 Å². The quantitative estimate of drug-likeness (QED) is 0.878. The van der Waals surface area contributed by atoms with Gasteiger partial charge in [0.2, 0.25) is 5.91 Å². The summed E-state index contributed by atoms with van der Waals surface area (Å²) in [6.07, 6.45) is 3.68. The molecule has 1 unspecified atom stereocenters. The van der Waals surface area contributed by atoms with Crippen LogP contribution in [0.1, 0.15) is 29.5 Å². The van der Waals surface area contributed by atoms with Gasteiger partial charge in [-0.25, -0.2) is 0 Å². The Morgan fingerprint density at radius 3 is 3.08 bits per heavy atom. The number of pyridine rings is 1. The third-order valence-electron chi connectivity index (χ3n) is 3.70. The molecule has 1 saturated heterocycles. The molecule has 0 saturated carbocycles. The number of ether oxygens (including phenoxy) is 1. The Morgan fingerprint density at radius 2 is 2.33 bits per heavy atom. The first-order valence-corrected chi connectivity index (χ1v) is 7.67. The van der Waals surface area contributed by atoms with E-state index in [0.29, 0.717) is 31.1 Å². The molecule has 1 atom stereocenters. The highest BCUT2D eigenvalue weighted by molar-refractivity contribution is 5.92. The summed E-state index contributed by atoms with van der Waals surface area (Å²) in [5.41, 5.74) is 1.02. The van der Waals surface area contributed by atoms with Crippen molar-refractivity contribution in [2.24, 2.45) is 0 Å². The van der Waals surface area contributed by atoms with Crippen LogP contribution < -0.4 is 10.1 Å². The van der Waals surface area contributed by atoms with E-state index in [-0.39, 0.29) is 17.9 Å². The van der Waals surface area contributed by atoms with E-state index in [1.807, 2.05) is 0 Å². The van der Waals surface area contributed by atoms with Gasteiger partial charge in [-0.2, -0.15) is 0 Å². The van der Waals surface area contributed by atoms with Gasteiger partial charge >= 0.3 is 0 Å². The Morgan fingerprint density at radius 1 is 1.46 bits per heavy atom. The fraction of sp³-hybridized carbons (Fsp3) is 0.375. The van der Waals surface area contributed by atoms with E-state index in [9.17, 15) is 9.59 Å². The largest absolute Gasteiger partial charge is 0.488 e. The van der Waals surface area contributed by atoms with E-state index < -0.39 is 0 Å². The van der Waals surface area contributed by atoms with Crippen LogP contribution in [0.2, 0.25) is 0 Å². The number of nitrogens with zero attached hydrogens (tertiary/aromatic N) is 3. The molecule has 1 fully saturated rings. The number of carbonyl (C=O) groups is 2. The third-order valence-corrected chi connectivity index (χ3v) is 3.70. The van der Waals surface area contributed by atoms with Crippen LogP contribution in [0.4, 0.5) is 0 Å². The molecule has 0 radical (unpaired) electrons. The zero-order chi connectivity index (χ0) is 16.9. The van der Waals surface area contributed by atoms with Crippen LogP contribution in [0.25, 0.3) is 0 Å². The van der Waals surface area contributed by atoms with Gasteiger partial charge in [0, 0.05) is 38.2 Å². The Balaban J connectivity index is 1.56. The average Bonchev–Trinajstić information content (AvgIpc) is 3.24. The Labute approximate surface area is 138 Å². The van der Waals surface area contributed by atoms with Crippen molar-refractivity contribution < 1.29 is 18.8 Å². The van der Waals surface area contributed by atoms with Crippen LogP contribution in [0.15, 0.2) is 35.2 Å². The first-order valence-electron chi connectivity index (χ1n) is 7.67. The molecule has 0 spiro atoms. The highest BCUT2D eigenvalue weighted by atomic mass is 16.5. The minimum absolute atomic E-state index is 0.0862. The fourth-order valence-electron chi connectivity index (χ4n) is 2.53. The molecule has 3 rings (SSSR count). The van der Waals surface area contributed by atoms with Crippen LogP contribution in [0.5, 0.6) is 5.75 Å². The normalized spacial score (nSPS) is 16.9. The molecule has 0 aromatic carbocycles. The highest BCUT2D eigenvalue weighted by Gasteiger charge is 2.29. The van der Waals surface area contributed by atoms with Crippen molar-refractivity contribution in [1.29, 1.82) is 0 Å². The number of carbonyl (C=O) groups excluding carboxylic acids is 2. The van der Waals surface area contributed by atoms with Crippen LogP contribution in [-0.4, -0.2) is 46.0 Å². The summed E-state index contributed by atoms with van der Waals surface area (Å²) in [6, 6.07) is 5.10. The van der Waals surface area contributed by atoms with Crippen LogP contribution in [0, 0.1) is 0 Å². The highest BCUT2D eigenvalue weighted by Crippen LogP contribution is 2.20. The number of amides is 2. The topological polar surface area (TPSA) is 97.6 Å². The standard InChI is InChI=1S/C16H18N4O4/c1-11(21)18-9-12-8-13(2-5-17-12)24-14-3-6-20(10-14)16(22)15-4-7-23-19-15/h2,4-5,7-8,14H,3,6,9-10H2,1H3,(H,18,21). The van der Waals surface area contributed by atoms with Gasteiger partial charge in [0.15, 0.2) is 5.69 Å². The van der Waals surface area contributed by atoms with Crippen molar-refractivity contribution in [2.45, 2.75) is 26.0 Å². The van der Waals surface area contributed by atoms with Crippen LogP contribution in [0.3, 0.4) is 0 Å². The lowest BCUT2D eigenvalue weighted by Gasteiger charge is -2.16. The molecule has 2 amide bonds. The third kappa shape index (κ3) is 3.89.